The molecule has 0 saturated heterocycles. The first kappa shape index (κ1) is 16.1. The maximum Gasteiger partial charge on any atom is 0.422 e. The largest absolute Gasteiger partial charge is 0.446 e. The lowest BCUT2D eigenvalue weighted by Crippen LogP contribution is -2.43. The van der Waals surface area contributed by atoms with Crippen LogP contribution in [0.15, 0.2) is 0 Å². The van der Waals surface area contributed by atoms with Gasteiger partial charge in [0, 0.05) is 19.6 Å². The fourth-order valence-corrected chi connectivity index (χ4v) is 1.69. The molecule has 0 aliphatic rings. The molecular formula is C9H21N3O4S. The first-order valence-electron chi connectivity index (χ1n) is 5.35. The molecular weight excluding hydrogens is 246 g/mol. The Labute approximate surface area is 102 Å². The van der Waals surface area contributed by atoms with Crippen molar-refractivity contribution >= 4 is 16.3 Å². The lowest BCUT2D eigenvalue weighted by molar-refractivity contribution is 0.121. The van der Waals surface area contributed by atoms with Crippen molar-refractivity contribution in [2.45, 2.75) is 39.3 Å². The van der Waals surface area contributed by atoms with E-state index in [0.29, 0.717) is 6.42 Å². The van der Waals surface area contributed by atoms with Crippen molar-refractivity contribution in [3.8, 4) is 0 Å². The minimum absolute atomic E-state index is 0.102. The molecule has 0 aromatic carbocycles. The summed E-state index contributed by atoms with van der Waals surface area (Å²) in [5.74, 6) is 0. The van der Waals surface area contributed by atoms with Crippen molar-refractivity contribution in [3.63, 3.8) is 0 Å². The molecule has 1 unspecified atom stereocenters. The topological polar surface area (TPSA) is 102 Å². The Morgan fingerprint density at radius 1 is 1.41 bits per heavy atom. The van der Waals surface area contributed by atoms with Gasteiger partial charge < -0.3 is 10.5 Å². The van der Waals surface area contributed by atoms with Crippen molar-refractivity contribution in [2.24, 2.45) is 5.73 Å². The van der Waals surface area contributed by atoms with Crippen LogP contribution in [-0.4, -0.2) is 44.6 Å². The van der Waals surface area contributed by atoms with Gasteiger partial charge in [-0.3, -0.25) is 0 Å². The molecule has 0 fully saturated rings. The van der Waals surface area contributed by atoms with Gasteiger partial charge in [-0.05, 0) is 27.2 Å². The summed E-state index contributed by atoms with van der Waals surface area (Å²) in [6, 6.07) is -0.102. The van der Waals surface area contributed by atoms with E-state index >= 15 is 0 Å². The lowest BCUT2D eigenvalue weighted by Gasteiger charge is -2.18. The first-order valence-corrected chi connectivity index (χ1v) is 6.79. The number of carbonyl (C=O) groups excluding carboxylic acids is 1. The molecule has 0 aromatic rings. The van der Waals surface area contributed by atoms with Crippen LogP contribution in [0.1, 0.15) is 27.2 Å². The van der Waals surface area contributed by atoms with Crippen LogP contribution in [0.25, 0.3) is 0 Å². The van der Waals surface area contributed by atoms with Gasteiger partial charge in [0.25, 0.3) is 0 Å². The van der Waals surface area contributed by atoms with Gasteiger partial charge in [-0.1, -0.05) is 0 Å². The summed E-state index contributed by atoms with van der Waals surface area (Å²) in [4.78, 5) is 11.1. The van der Waals surface area contributed by atoms with Gasteiger partial charge in [-0.25, -0.2) is 9.52 Å². The van der Waals surface area contributed by atoms with E-state index in [1.54, 1.807) is 20.8 Å². The Bertz CT molecular complexity index is 340. The highest BCUT2D eigenvalue weighted by Gasteiger charge is 2.21. The lowest BCUT2D eigenvalue weighted by atomic mass is 10.2. The number of hydrogen-bond acceptors (Lipinski definition) is 5. The zero-order valence-corrected chi connectivity index (χ0v) is 11.5. The maximum absolute atomic E-state index is 11.6. The molecule has 1 amide bonds. The van der Waals surface area contributed by atoms with Gasteiger partial charge in [-0.2, -0.15) is 12.7 Å². The highest BCUT2D eigenvalue weighted by atomic mass is 32.2. The number of nitrogens with one attached hydrogen (secondary N) is 1. The molecule has 0 radical (unpaired) electrons. The van der Waals surface area contributed by atoms with E-state index in [-0.39, 0.29) is 18.7 Å². The Morgan fingerprint density at radius 3 is 2.35 bits per heavy atom. The Hall–Kier alpha value is -0.860. The zero-order valence-electron chi connectivity index (χ0n) is 10.6. The summed E-state index contributed by atoms with van der Waals surface area (Å²) in [6.07, 6.45) is -0.844. The number of ether oxygens (including phenoxy) is 1. The van der Waals surface area contributed by atoms with E-state index in [1.165, 1.54) is 7.05 Å². The van der Waals surface area contributed by atoms with Crippen molar-refractivity contribution in [3.05, 3.63) is 0 Å². The van der Waals surface area contributed by atoms with Crippen molar-refractivity contribution in [1.29, 1.82) is 0 Å². The normalized spacial score (nSPS) is 13.8. The van der Waals surface area contributed by atoms with Crippen LogP contribution >= 0.6 is 0 Å². The van der Waals surface area contributed by atoms with Crippen LogP contribution in [0.2, 0.25) is 0 Å². The highest BCUT2D eigenvalue weighted by Crippen LogP contribution is 1.99. The molecule has 0 saturated carbocycles. The molecule has 0 aromatic heterocycles. The molecule has 0 rings (SSSR count). The van der Waals surface area contributed by atoms with Crippen molar-refractivity contribution in [2.75, 3.05) is 13.6 Å². The molecule has 0 heterocycles. The van der Waals surface area contributed by atoms with Crippen molar-refractivity contribution in [1.82, 2.24) is 9.03 Å². The second-order valence-corrected chi connectivity index (χ2v) is 5.93. The average Bonchev–Trinajstić information content (AvgIpc) is 2.11. The maximum atomic E-state index is 11.6. The predicted octanol–water partition coefficient (Wildman–Crippen LogP) is 0.0349. The van der Waals surface area contributed by atoms with E-state index in [2.05, 4.69) is 4.74 Å². The van der Waals surface area contributed by atoms with Gasteiger partial charge in [0.15, 0.2) is 0 Å². The molecule has 0 bridgehead atoms. The number of carbonyl (C=O) groups is 1. The number of hydrogen-bond donors (Lipinski definition) is 2. The third-order valence-electron chi connectivity index (χ3n) is 1.86. The van der Waals surface area contributed by atoms with Gasteiger partial charge in [0.05, 0.1) is 6.10 Å². The molecule has 3 N–H and O–H groups in total. The number of amides is 1. The number of rotatable bonds is 6. The quantitative estimate of drug-likeness (QED) is 0.707. The fraction of sp³-hybridized carbons (Fsp3) is 0.889. The third-order valence-corrected chi connectivity index (χ3v) is 3.29. The summed E-state index contributed by atoms with van der Waals surface area (Å²) in [7, 11) is -2.48. The van der Waals surface area contributed by atoms with E-state index in [1.807, 2.05) is 4.72 Å². The standard InChI is InChI=1S/C9H21N3O4S/c1-7(2)16-9(13)11-17(14,15)12(4)6-5-8(3)10/h7-8H,5-6,10H2,1-4H3,(H,11,13). The van der Waals surface area contributed by atoms with Crippen LogP contribution in [0.5, 0.6) is 0 Å². The molecule has 7 nitrogen and oxygen atoms in total. The summed E-state index contributed by atoms with van der Waals surface area (Å²) >= 11 is 0. The Kier molecular flexibility index (Phi) is 6.43. The second-order valence-electron chi connectivity index (χ2n) is 4.15. The Morgan fingerprint density at radius 2 is 1.94 bits per heavy atom. The molecule has 102 valence electrons. The molecule has 0 spiro atoms. The average molecular weight is 267 g/mol. The zero-order chi connectivity index (χ0) is 13.6. The summed E-state index contributed by atoms with van der Waals surface area (Å²) in [5.41, 5.74) is 5.52. The van der Waals surface area contributed by atoms with E-state index in [4.69, 9.17) is 5.73 Å². The minimum atomic E-state index is -3.85. The van der Waals surface area contributed by atoms with Crippen LogP contribution in [-0.2, 0) is 14.9 Å². The van der Waals surface area contributed by atoms with E-state index in [0.717, 1.165) is 4.31 Å². The van der Waals surface area contributed by atoms with Crippen LogP contribution in [0, 0.1) is 0 Å². The van der Waals surface area contributed by atoms with E-state index in [9.17, 15) is 13.2 Å². The van der Waals surface area contributed by atoms with Crippen LogP contribution in [0.4, 0.5) is 4.79 Å². The molecule has 0 aliphatic carbocycles. The summed E-state index contributed by atoms with van der Waals surface area (Å²) in [5, 5.41) is 0. The van der Waals surface area contributed by atoms with E-state index < -0.39 is 16.3 Å². The number of nitrogens with zero attached hydrogens (tertiary/aromatic N) is 1. The fourth-order valence-electron chi connectivity index (χ4n) is 0.927. The predicted molar refractivity (Wildman–Crippen MR) is 64.6 cm³/mol. The Balaban J connectivity index is 4.32. The smallest absolute Gasteiger partial charge is 0.422 e. The summed E-state index contributed by atoms with van der Waals surface area (Å²) < 4.78 is 30.7. The third kappa shape index (κ3) is 7.14. The van der Waals surface area contributed by atoms with Gasteiger partial charge >= 0.3 is 16.3 Å². The second kappa shape index (κ2) is 6.77. The van der Waals surface area contributed by atoms with Gasteiger partial charge in [-0.15, -0.1) is 0 Å². The molecule has 8 heteroatoms. The highest BCUT2D eigenvalue weighted by molar-refractivity contribution is 7.87. The van der Waals surface area contributed by atoms with Gasteiger partial charge in [0.2, 0.25) is 0 Å². The number of nitrogens with two attached hydrogens (primary N) is 1. The van der Waals surface area contributed by atoms with Gasteiger partial charge in [0.1, 0.15) is 0 Å². The monoisotopic (exact) mass is 267 g/mol. The van der Waals surface area contributed by atoms with Crippen molar-refractivity contribution < 1.29 is 17.9 Å². The molecule has 1 atom stereocenters. The minimum Gasteiger partial charge on any atom is -0.446 e. The van der Waals surface area contributed by atoms with Crippen LogP contribution in [0.3, 0.4) is 0 Å². The summed E-state index contributed by atoms with van der Waals surface area (Å²) in [6.45, 7) is 5.28. The van der Waals surface area contributed by atoms with Crippen LogP contribution < -0.4 is 10.5 Å². The SMILES string of the molecule is CC(N)CCN(C)S(=O)(=O)NC(=O)OC(C)C. The first-order chi connectivity index (χ1) is 7.65. The molecule has 17 heavy (non-hydrogen) atoms. The molecule has 0 aliphatic heterocycles.